The Labute approximate surface area is 94.1 Å². The number of nitrogens with one attached hydrogen (secondary N) is 1. The Morgan fingerprint density at radius 1 is 1.47 bits per heavy atom. The lowest BCUT2D eigenvalue weighted by atomic mass is 10.1. The lowest BCUT2D eigenvalue weighted by Crippen LogP contribution is -2.34. The second-order valence-electron chi connectivity index (χ2n) is 4.98. The zero-order valence-corrected chi connectivity index (χ0v) is 10.6. The van der Waals surface area contributed by atoms with E-state index in [0.717, 1.165) is 19.0 Å². The Balaban J connectivity index is 2.38. The van der Waals surface area contributed by atoms with E-state index >= 15 is 0 Å². The van der Waals surface area contributed by atoms with Crippen LogP contribution in [0.1, 0.15) is 6.92 Å². The van der Waals surface area contributed by atoms with Crippen molar-refractivity contribution in [2.24, 2.45) is 5.92 Å². The van der Waals surface area contributed by atoms with Crippen molar-refractivity contribution < 1.29 is 0 Å². The third kappa shape index (κ3) is 3.59. The molecule has 0 aliphatic carbocycles. The van der Waals surface area contributed by atoms with Crippen molar-refractivity contribution in [2.45, 2.75) is 13.0 Å². The second kappa shape index (κ2) is 5.64. The molecule has 0 amide bonds. The minimum absolute atomic E-state index is 0.701. The Kier molecular flexibility index (Phi) is 4.77. The van der Waals surface area contributed by atoms with Gasteiger partial charge in [-0.25, -0.2) is 0 Å². The second-order valence-corrected chi connectivity index (χ2v) is 4.98. The van der Waals surface area contributed by atoms with Gasteiger partial charge < -0.3 is 10.2 Å². The molecule has 0 aromatic heterocycles. The standard InChI is InChI=1S/C12H25N3/c1-10(6-13-3)7-15-8-11(2)12(9-15)14(4)5/h11-13H,1,6-9H2,2-5H3. The SMILES string of the molecule is C=C(CNC)CN1CC(C)C(N(C)C)C1. The van der Waals surface area contributed by atoms with Gasteiger partial charge in [-0.05, 0) is 32.6 Å². The average molecular weight is 211 g/mol. The lowest BCUT2D eigenvalue weighted by Gasteiger charge is -2.22. The van der Waals surface area contributed by atoms with Crippen LogP contribution in [0, 0.1) is 5.92 Å². The highest BCUT2D eigenvalue weighted by Crippen LogP contribution is 2.20. The molecule has 0 bridgehead atoms. The highest BCUT2D eigenvalue weighted by molar-refractivity contribution is 5.02. The number of rotatable bonds is 5. The first-order valence-electron chi connectivity index (χ1n) is 5.74. The highest BCUT2D eigenvalue weighted by atomic mass is 15.2. The molecule has 1 fully saturated rings. The largest absolute Gasteiger partial charge is 0.316 e. The summed E-state index contributed by atoms with van der Waals surface area (Å²) in [4.78, 5) is 4.85. The maximum atomic E-state index is 4.09. The molecular formula is C12H25N3. The molecule has 2 unspecified atom stereocenters. The minimum atomic E-state index is 0.701. The predicted molar refractivity (Wildman–Crippen MR) is 66.1 cm³/mol. The molecule has 1 aliphatic heterocycles. The molecule has 3 heteroatoms. The molecule has 1 rings (SSSR count). The maximum Gasteiger partial charge on any atom is 0.0254 e. The number of hydrogen-bond donors (Lipinski definition) is 1. The van der Waals surface area contributed by atoms with Gasteiger partial charge in [-0.3, -0.25) is 4.90 Å². The zero-order valence-electron chi connectivity index (χ0n) is 10.6. The fourth-order valence-corrected chi connectivity index (χ4v) is 2.47. The topological polar surface area (TPSA) is 18.5 Å². The monoisotopic (exact) mass is 211 g/mol. The van der Waals surface area contributed by atoms with Gasteiger partial charge in [0.1, 0.15) is 0 Å². The van der Waals surface area contributed by atoms with Crippen LogP contribution in [-0.4, -0.2) is 63.2 Å². The Morgan fingerprint density at radius 3 is 2.60 bits per heavy atom. The van der Waals surface area contributed by atoms with Crippen LogP contribution in [0.4, 0.5) is 0 Å². The predicted octanol–water partition coefficient (Wildman–Crippen LogP) is 0.644. The molecule has 2 atom stereocenters. The van der Waals surface area contributed by atoms with Gasteiger partial charge in [-0.1, -0.05) is 13.5 Å². The van der Waals surface area contributed by atoms with Crippen molar-refractivity contribution >= 4 is 0 Å². The fraction of sp³-hybridized carbons (Fsp3) is 0.833. The van der Waals surface area contributed by atoms with E-state index in [1.54, 1.807) is 0 Å². The van der Waals surface area contributed by atoms with Crippen LogP contribution >= 0.6 is 0 Å². The van der Waals surface area contributed by atoms with Crippen molar-refractivity contribution in [3.05, 3.63) is 12.2 Å². The van der Waals surface area contributed by atoms with Crippen LogP contribution < -0.4 is 5.32 Å². The molecule has 15 heavy (non-hydrogen) atoms. The number of likely N-dealkylation sites (tertiary alicyclic amines) is 1. The quantitative estimate of drug-likeness (QED) is 0.674. The highest BCUT2D eigenvalue weighted by Gasteiger charge is 2.30. The molecule has 3 nitrogen and oxygen atoms in total. The van der Waals surface area contributed by atoms with Crippen LogP contribution in [0.2, 0.25) is 0 Å². The Morgan fingerprint density at radius 2 is 2.13 bits per heavy atom. The molecule has 88 valence electrons. The minimum Gasteiger partial charge on any atom is -0.316 e. The summed E-state index contributed by atoms with van der Waals surface area (Å²) in [6.07, 6.45) is 0. The summed E-state index contributed by atoms with van der Waals surface area (Å²) in [5.41, 5.74) is 1.28. The summed E-state index contributed by atoms with van der Waals surface area (Å²) in [5.74, 6) is 0.766. The molecule has 0 aromatic rings. The maximum absolute atomic E-state index is 4.09. The molecule has 1 heterocycles. The molecule has 1 N–H and O–H groups in total. The summed E-state index contributed by atoms with van der Waals surface area (Å²) >= 11 is 0. The smallest absolute Gasteiger partial charge is 0.0254 e. The lowest BCUT2D eigenvalue weighted by molar-refractivity contribution is 0.255. The first-order valence-corrected chi connectivity index (χ1v) is 5.74. The van der Waals surface area contributed by atoms with Crippen molar-refractivity contribution in [2.75, 3.05) is 47.3 Å². The number of likely N-dealkylation sites (N-methyl/N-ethyl adjacent to an activating group) is 2. The van der Waals surface area contributed by atoms with Crippen LogP contribution in [0.15, 0.2) is 12.2 Å². The summed E-state index contributed by atoms with van der Waals surface area (Å²) < 4.78 is 0. The zero-order chi connectivity index (χ0) is 11.4. The molecule has 0 saturated carbocycles. The van der Waals surface area contributed by atoms with E-state index in [9.17, 15) is 0 Å². The van der Waals surface area contributed by atoms with Gasteiger partial charge in [-0.2, -0.15) is 0 Å². The van der Waals surface area contributed by atoms with E-state index in [-0.39, 0.29) is 0 Å². The summed E-state index contributed by atoms with van der Waals surface area (Å²) in [5, 5.41) is 3.15. The summed E-state index contributed by atoms with van der Waals surface area (Å²) in [6.45, 7) is 10.8. The molecular weight excluding hydrogens is 186 g/mol. The molecule has 1 aliphatic rings. The van der Waals surface area contributed by atoms with Crippen LogP contribution in [0.25, 0.3) is 0 Å². The molecule has 0 spiro atoms. The van der Waals surface area contributed by atoms with Crippen LogP contribution in [0.5, 0.6) is 0 Å². The molecule has 1 saturated heterocycles. The van der Waals surface area contributed by atoms with Gasteiger partial charge >= 0.3 is 0 Å². The van der Waals surface area contributed by atoms with E-state index in [0.29, 0.717) is 6.04 Å². The Bertz CT molecular complexity index is 213. The van der Waals surface area contributed by atoms with E-state index in [4.69, 9.17) is 0 Å². The summed E-state index contributed by atoms with van der Waals surface area (Å²) in [6, 6.07) is 0.701. The average Bonchev–Trinajstić information content (AvgIpc) is 2.47. The number of hydrogen-bond acceptors (Lipinski definition) is 3. The third-order valence-electron chi connectivity index (χ3n) is 3.19. The van der Waals surface area contributed by atoms with Crippen molar-refractivity contribution in [3.63, 3.8) is 0 Å². The normalized spacial score (nSPS) is 27.5. The van der Waals surface area contributed by atoms with E-state index in [1.807, 2.05) is 7.05 Å². The summed E-state index contributed by atoms with van der Waals surface area (Å²) in [7, 11) is 6.32. The first-order chi connectivity index (χ1) is 7.04. The van der Waals surface area contributed by atoms with Crippen LogP contribution in [-0.2, 0) is 0 Å². The van der Waals surface area contributed by atoms with E-state index in [1.165, 1.54) is 18.7 Å². The fourth-order valence-electron chi connectivity index (χ4n) is 2.47. The van der Waals surface area contributed by atoms with Crippen LogP contribution in [0.3, 0.4) is 0 Å². The number of nitrogens with zero attached hydrogens (tertiary/aromatic N) is 2. The van der Waals surface area contributed by atoms with Crippen molar-refractivity contribution in [1.29, 1.82) is 0 Å². The van der Waals surface area contributed by atoms with Gasteiger partial charge in [-0.15, -0.1) is 0 Å². The van der Waals surface area contributed by atoms with Crippen molar-refractivity contribution in [1.82, 2.24) is 15.1 Å². The van der Waals surface area contributed by atoms with Gasteiger partial charge in [0.2, 0.25) is 0 Å². The molecule has 0 radical (unpaired) electrons. The first kappa shape index (κ1) is 12.7. The molecule has 0 aromatic carbocycles. The Hall–Kier alpha value is -0.380. The van der Waals surface area contributed by atoms with Gasteiger partial charge in [0, 0.05) is 32.2 Å². The van der Waals surface area contributed by atoms with Gasteiger partial charge in [0.05, 0.1) is 0 Å². The van der Waals surface area contributed by atoms with E-state index < -0.39 is 0 Å². The van der Waals surface area contributed by atoms with E-state index in [2.05, 4.69) is 42.7 Å². The van der Waals surface area contributed by atoms with Gasteiger partial charge in [0.15, 0.2) is 0 Å². The van der Waals surface area contributed by atoms with Gasteiger partial charge in [0.25, 0.3) is 0 Å². The van der Waals surface area contributed by atoms with Crippen molar-refractivity contribution in [3.8, 4) is 0 Å². The third-order valence-corrected chi connectivity index (χ3v) is 3.19.